The van der Waals surface area contributed by atoms with Crippen molar-refractivity contribution in [3.05, 3.63) is 57.6 Å². The van der Waals surface area contributed by atoms with Crippen LogP contribution in [0.4, 0.5) is 5.69 Å². The lowest BCUT2D eigenvalue weighted by Gasteiger charge is -2.06. The standard InChI is InChI=1S/C15H14Cl2N2O/c1-10-3-5-12(6-4-10)19-18-9-11-7-13(16)15(20-2)14(17)8-11/h3-9,19H,1-2H3/b18-9+. The molecule has 0 aromatic heterocycles. The van der Waals surface area contributed by atoms with E-state index in [9.17, 15) is 0 Å². The smallest absolute Gasteiger partial charge is 0.156 e. The Kier molecular flexibility index (Phi) is 4.88. The first-order chi connectivity index (χ1) is 9.60. The van der Waals surface area contributed by atoms with Crippen molar-refractivity contribution in [3.63, 3.8) is 0 Å². The van der Waals surface area contributed by atoms with Gasteiger partial charge in [0.15, 0.2) is 5.75 Å². The lowest BCUT2D eigenvalue weighted by molar-refractivity contribution is 0.415. The molecule has 0 amide bonds. The summed E-state index contributed by atoms with van der Waals surface area (Å²) in [6.07, 6.45) is 1.65. The Morgan fingerprint density at radius 3 is 2.25 bits per heavy atom. The molecule has 0 radical (unpaired) electrons. The molecule has 0 saturated heterocycles. The molecule has 5 heteroatoms. The molecule has 3 nitrogen and oxygen atoms in total. The van der Waals surface area contributed by atoms with Gasteiger partial charge in [-0.25, -0.2) is 0 Å². The van der Waals surface area contributed by atoms with Crippen molar-refractivity contribution in [1.82, 2.24) is 0 Å². The molecule has 2 aromatic carbocycles. The van der Waals surface area contributed by atoms with E-state index in [1.807, 2.05) is 31.2 Å². The molecule has 0 saturated carbocycles. The van der Waals surface area contributed by atoms with E-state index in [4.69, 9.17) is 27.9 Å². The van der Waals surface area contributed by atoms with Crippen LogP contribution in [0.25, 0.3) is 0 Å². The first-order valence-corrected chi connectivity index (χ1v) is 6.74. The van der Waals surface area contributed by atoms with Crippen LogP contribution in [-0.2, 0) is 0 Å². The van der Waals surface area contributed by atoms with E-state index in [1.165, 1.54) is 12.7 Å². The number of hydrazone groups is 1. The van der Waals surface area contributed by atoms with Gasteiger partial charge in [-0.3, -0.25) is 5.43 Å². The van der Waals surface area contributed by atoms with E-state index in [0.29, 0.717) is 15.8 Å². The summed E-state index contributed by atoms with van der Waals surface area (Å²) in [5.41, 5.74) is 5.85. The Morgan fingerprint density at radius 2 is 1.70 bits per heavy atom. The van der Waals surface area contributed by atoms with Crippen molar-refractivity contribution in [2.45, 2.75) is 6.92 Å². The van der Waals surface area contributed by atoms with Crippen LogP contribution in [0.2, 0.25) is 10.0 Å². The van der Waals surface area contributed by atoms with Crippen LogP contribution >= 0.6 is 23.2 Å². The third-order valence-corrected chi connectivity index (χ3v) is 3.25. The highest BCUT2D eigenvalue weighted by atomic mass is 35.5. The largest absolute Gasteiger partial charge is 0.494 e. The maximum atomic E-state index is 6.06. The monoisotopic (exact) mass is 308 g/mol. The quantitative estimate of drug-likeness (QED) is 0.653. The molecular weight excluding hydrogens is 295 g/mol. The first kappa shape index (κ1) is 14.7. The molecule has 0 unspecified atom stereocenters. The second-order valence-corrected chi connectivity index (χ2v) is 5.07. The third-order valence-electron chi connectivity index (χ3n) is 2.68. The number of aryl methyl sites for hydroxylation is 1. The van der Waals surface area contributed by atoms with Crippen LogP contribution in [-0.4, -0.2) is 13.3 Å². The number of anilines is 1. The Bertz CT molecular complexity index is 601. The van der Waals surface area contributed by atoms with Crippen molar-refractivity contribution < 1.29 is 4.74 Å². The van der Waals surface area contributed by atoms with Gasteiger partial charge in [0.05, 0.1) is 29.1 Å². The Labute approximate surface area is 128 Å². The minimum Gasteiger partial charge on any atom is -0.494 e. The molecule has 0 fully saturated rings. The van der Waals surface area contributed by atoms with Crippen LogP contribution in [0.5, 0.6) is 5.75 Å². The first-order valence-electron chi connectivity index (χ1n) is 5.99. The number of nitrogens with one attached hydrogen (secondary N) is 1. The van der Waals surface area contributed by atoms with Gasteiger partial charge in [-0.1, -0.05) is 40.9 Å². The number of methoxy groups -OCH3 is 1. The van der Waals surface area contributed by atoms with Gasteiger partial charge in [-0.15, -0.1) is 0 Å². The second kappa shape index (κ2) is 6.64. The van der Waals surface area contributed by atoms with E-state index >= 15 is 0 Å². The number of rotatable bonds is 4. The summed E-state index contributed by atoms with van der Waals surface area (Å²) in [6.45, 7) is 2.04. The Morgan fingerprint density at radius 1 is 1.10 bits per heavy atom. The molecule has 0 aliphatic carbocycles. The van der Waals surface area contributed by atoms with Crippen LogP contribution < -0.4 is 10.2 Å². The van der Waals surface area contributed by atoms with Gasteiger partial charge >= 0.3 is 0 Å². The molecule has 0 bridgehead atoms. The van der Waals surface area contributed by atoms with Crippen molar-refractivity contribution in [2.24, 2.45) is 5.10 Å². The summed E-state index contributed by atoms with van der Waals surface area (Å²) in [6, 6.07) is 11.4. The SMILES string of the molecule is COc1c(Cl)cc(/C=N/Nc2ccc(C)cc2)cc1Cl. The zero-order chi connectivity index (χ0) is 14.5. The molecule has 0 aliphatic heterocycles. The van der Waals surface area contributed by atoms with Crippen LogP contribution in [0.3, 0.4) is 0 Å². The Hall–Kier alpha value is -1.71. The fourth-order valence-corrected chi connectivity index (χ4v) is 2.32. The van der Waals surface area contributed by atoms with Crippen molar-refractivity contribution in [3.8, 4) is 5.75 Å². The van der Waals surface area contributed by atoms with Gasteiger partial charge in [-0.05, 0) is 36.8 Å². The minimum atomic E-state index is 0.455. The highest BCUT2D eigenvalue weighted by Gasteiger charge is 2.07. The third kappa shape index (κ3) is 3.65. The molecule has 0 aliphatic rings. The number of ether oxygens (including phenoxy) is 1. The summed E-state index contributed by atoms with van der Waals surface area (Å²) >= 11 is 12.1. The molecule has 2 aromatic rings. The van der Waals surface area contributed by atoms with E-state index in [2.05, 4.69) is 10.5 Å². The molecule has 20 heavy (non-hydrogen) atoms. The van der Waals surface area contributed by atoms with Gasteiger partial charge in [0, 0.05) is 0 Å². The summed E-state index contributed by atoms with van der Waals surface area (Å²) in [4.78, 5) is 0. The van der Waals surface area contributed by atoms with Crippen molar-refractivity contribution in [1.29, 1.82) is 0 Å². The van der Waals surface area contributed by atoms with Gasteiger partial charge in [0.1, 0.15) is 0 Å². The average molecular weight is 309 g/mol. The van der Waals surface area contributed by atoms with Crippen LogP contribution in [0.1, 0.15) is 11.1 Å². The number of hydrogen-bond acceptors (Lipinski definition) is 3. The van der Waals surface area contributed by atoms with Gasteiger partial charge in [0.25, 0.3) is 0 Å². The maximum absolute atomic E-state index is 6.06. The predicted molar refractivity (Wildman–Crippen MR) is 85.4 cm³/mol. The number of hydrogen-bond donors (Lipinski definition) is 1. The predicted octanol–water partition coefficient (Wildman–Crippen LogP) is 4.76. The zero-order valence-corrected chi connectivity index (χ0v) is 12.7. The molecule has 1 N–H and O–H groups in total. The lowest BCUT2D eigenvalue weighted by Crippen LogP contribution is -1.92. The second-order valence-electron chi connectivity index (χ2n) is 4.25. The van der Waals surface area contributed by atoms with E-state index < -0.39 is 0 Å². The number of halogens is 2. The van der Waals surface area contributed by atoms with Crippen LogP contribution in [0, 0.1) is 6.92 Å². The topological polar surface area (TPSA) is 33.6 Å². The minimum absolute atomic E-state index is 0.455. The van der Waals surface area contributed by atoms with E-state index in [-0.39, 0.29) is 0 Å². The molecule has 2 rings (SSSR count). The lowest BCUT2D eigenvalue weighted by atomic mass is 10.2. The van der Waals surface area contributed by atoms with Crippen molar-refractivity contribution in [2.75, 3.05) is 12.5 Å². The molecule has 104 valence electrons. The fraction of sp³-hybridized carbons (Fsp3) is 0.133. The number of nitrogens with zero attached hydrogens (tertiary/aromatic N) is 1. The summed E-state index contributed by atoms with van der Waals surface area (Å²) in [5.74, 6) is 0.469. The maximum Gasteiger partial charge on any atom is 0.156 e. The average Bonchev–Trinajstić information content (AvgIpc) is 2.41. The van der Waals surface area contributed by atoms with E-state index in [0.717, 1.165) is 11.3 Å². The van der Waals surface area contributed by atoms with Crippen LogP contribution in [0.15, 0.2) is 41.5 Å². The highest BCUT2D eigenvalue weighted by molar-refractivity contribution is 6.37. The molecular formula is C15H14Cl2N2O. The Balaban J connectivity index is 2.10. The highest BCUT2D eigenvalue weighted by Crippen LogP contribution is 2.33. The molecule has 0 spiro atoms. The zero-order valence-electron chi connectivity index (χ0n) is 11.2. The summed E-state index contributed by atoms with van der Waals surface area (Å²) in [7, 11) is 1.53. The van der Waals surface area contributed by atoms with Gasteiger partial charge < -0.3 is 4.74 Å². The van der Waals surface area contributed by atoms with Gasteiger partial charge in [-0.2, -0.15) is 5.10 Å². The summed E-state index contributed by atoms with van der Waals surface area (Å²) in [5, 5.41) is 5.06. The normalized spacial score (nSPS) is 10.8. The van der Waals surface area contributed by atoms with E-state index in [1.54, 1.807) is 18.3 Å². The number of benzene rings is 2. The summed E-state index contributed by atoms with van der Waals surface area (Å²) < 4.78 is 5.09. The molecule has 0 atom stereocenters. The fourth-order valence-electron chi connectivity index (χ4n) is 1.66. The molecule has 0 heterocycles. The van der Waals surface area contributed by atoms with Gasteiger partial charge in [0.2, 0.25) is 0 Å². The van der Waals surface area contributed by atoms with Crippen molar-refractivity contribution >= 4 is 35.1 Å².